The van der Waals surface area contributed by atoms with E-state index in [4.69, 9.17) is 4.74 Å². The molecule has 2 atom stereocenters. The van der Waals surface area contributed by atoms with Gasteiger partial charge in [-0.25, -0.2) is 0 Å². The molecule has 3 nitrogen and oxygen atoms in total. The van der Waals surface area contributed by atoms with Gasteiger partial charge in [0.15, 0.2) is 0 Å². The fraction of sp³-hybridized carbons (Fsp3) is 0.368. The largest absolute Gasteiger partial charge is 0.508 e. The van der Waals surface area contributed by atoms with E-state index in [0.717, 1.165) is 26.1 Å². The third kappa shape index (κ3) is 3.67. The predicted octanol–water partition coefficient (Wildman–Crippen LogP) is 3.40. The molecule has 0 aliphatic carbocycles. The van der Waals surface area contributed by atoms with Crippen molar-refractivity contribution < 1.29 is 9.84 Å². The Morgan fingerprint density at radius 2 is 1.86 bits per heavy atom. The molecule has 2 unspecified atom stereocenters. The molecule has 3 rings (SSSR count). The number of rotatable bonds is 4. The van der Waals surface area contributed by atoms with Crippen LogP contribution in [-0.4, -0.2) is 35.7 Å². The maximum absolute atomic E-state index is 9.37. The summed E-state index contributed by atoms with van der Waals surface area (Å²) < 4.78 is 5.94. The summed E-state index contributed by atoms with van der Waals surface area (Å²) in [6, 6.07) is 18.4. The first-order valence-corrected chi connectivity index (χ1v) is 7.91. The number of hydrogen-bond donors (Lipinski definition) is 1. The number of morpholine rings is 1. The first-order valence-electron chi connectivity index (χ1n) is 7.91. The highest BCUT2D eigenvalue weighted by Crippen LogP contribution is 2.24. The van der Waals surface area contributed by atoms with E-state index in [1.54, 1.807) is 12.1 Å². The fourth-order valence-corrected chi connectivity index (χ4v) is 3.04. The van der Waals surface area contributed by atoms with Crippen molar-refractivity contribution in [2.45, 2.75) is 25.5 Å². The van der Waals surface area contributed by atoms with Gasteiger partial charge in [0.1, 0.15) is 5.75 Å². The van der Waals surface area contributed by atoms with Gasteiger partial charge in [-0.3, -0.25) is 4.90 Å². The Labute approximate surface area is 132 Å². The van der Waals surface area contributed by atoms with Crippen LogP contribution in [0.4, 0.5) is 0 Å². The zero-order valence-corrected chi connectivity index (χ0v) is 13.0. The topological polar surface area (TPSA) is 32.7 Å². The van der Waals surface area contributed by atoms with Crippen LogP contribution in [0.25, 0.3) is 0 Å². The van der Waals surface area contributed by atoms with Gasteiger partial charge in [-0.05, 0) is 36.6 Å². The highest BCUT2D eigenvalue weighted by atomic mass is 16.5. The van der Waals surface area contributed by atoms with E-state index in [1.165, 1.54) is 11.1 Å². The molecule has 1 aliphatic heterocycles. The third-order valence-corrected chi connectivity index (χ3v) is 4.36. The molecule has 0 radical (unpaired) electrons. The molecule has 1 heterocycles. The van der Waals surface area contributed by atoms with Crippen LogP contribution < -0.4 is 0 Å². The second kappa shape index (κ2) is 6.95. The highest BCUT2D eigenvalue weighted by Gasteiger charge is 2.25. The Bertz CT molecular complexity index is 582. The van der Waals surface area contributed by atoms with Gasteiger partial charge in [-0.2, -0.15) is 0 Å². The summed E-state index contributed by atoms with van der Waals surface area (Å²) in [4.78, 5) is 2.49. The van der Waals surface area contributed by atoms with Crippen molar-refractivity contribution in [1.82, 2.24) is 4.90 Å². The van der Waals surface area contributed by atoms with Gasteiger partial charge in [-0.15, -0.1) is 0 Å². The van der Waals surface area contributed by atoms with E-state index in [1.807, 2.05) is 18.2 Å². The lowest BCUT2D eigenvalue weighted by Crippen LogP contribution is -2.44. The second-order valence-electron chi connectivity index (χ2n) is 5.98. The van der Waals surface area contributed by atoms with Crippen LogP contribution in [0.5, 0.6) is 5.75 Å². The van der Waals surface area contributed by atoms with E-state index in [2.05, 4.69) is 36.1 Å². The Kier molecular flexibility index (Phi) is 4.76. The first-order chi connectivity index (χ1) is 10.7. The molecule has 116 valence electrons. The standard InChI is InChI=1S/C19H23NO2/c1-15(13-16-7-9-18(21)10-8-16)20-11-12-22-19(14-20)17-5-3-2-4-6-17/h2-10,15,19,21H,11-14H2,1H3. The molecule has 1 fully saturated rings. The second-order valence-corrected chi connectivity index (χ2v) is 5.98. The minimum atomic E-state index is 0.164. The molecule has 0 aromatic heterocycles. The predicted molar refractivity (Wildman–Crippen MR) is 88.0 cm³/mol. The number of phenols is 1. The van der Waals surface area contributed by atoms with Crippen LogP contribution in [0, 0.1) is 0 Å². The lowest BCUT2D eigenvalue weighted by Gasteiger charge is -2.37. The van der Waals surface area contributed by atoms with Crippen molar-refractivity contribution in [3.8, 4) is 5.75 Å². The maximum Gasteiger partial charge on any atom is 0.115 e. The quantitative estimate of drug-likeness (QED) is 0.939. The normalized spacial score (nSPS) is 20.7. The minimum Gasteiger partial charge on any atom is -0.508 e. The van der Waals surface area contributed by atoms with E-state index in [9.17, 15) is 5.11 Å². The minimum absolute atomic E-state index is 0.164. The number of phenolic OH excluding ortho intramolecular Hbond substituents is 1. The Morgan fingerprint density at radius 3 is 2.59 bits per heavy atom. The van der Waals surface area contributed by atoms with Crippen molar-refractivity contribution in [1.29, 1.82) is 0 Å². The van der Waals surface area contributed by atoms with Gasteiger partial charge in [0.05, 0.1) is 12.7 Å². The molecule has 0 amide bonds. The molecular formula is C19H23NO2. The number of benzene rings is 2. The number of hydrogen-bond acceptors (Lipinski definition) is 3. The molecule has 2 aromatic rings. The Balaban J connectivity index is 1.62. The zero-order valence-electron chi connectivity index (χ0n) is 13.0. The van der Waals surface area contributed by atoms with E-state index < -0.39 is 0 Å². The third-order valence-electron chi connectivity index (χ3n) is 4.36. The lowest BCUT2D eigenvalue weighted by molar-refractivity contribution is -0.0424. The zero-order chi connectivity index (χ0) is 15.4. The van der Waals surface area contributed by atoms with Crippen molar-refractivity contribution in [3.63, 3.8) is 0 Å². The molecule has 0 bridgehead atoms. The smallest absolute Gasteiger partial charge is 0.115 e. The molecule has 2 aromatic carbocycles. The van der Waals surface area contributed by atoms with Crippen LogP contribution in [0.2, 0.25) is 0 Å². The summed E-state index contributed by atoms with van der Waals surface area (Å²) in [6.45, 7) is 4.95. The summed E-state index contributed by atoms with van der Waals surface area (Å²) in [5, 5.41) is 9.37. The summed E-state index contributed by atoms with van der Waals surface area (Å²) in [5.74, 6) is 0.326. The molecule has 1 aliphatic rings. The van der Waals surface area contributed by atoms with Crippen molar-refractivity contribution >= 4 is 0 Å². The SMILES string of the molecule is CC(Cc1ccc(O)cc1)N1CCOC(c2ccccc2)C1. The lowest BCUT2D eigenvalue weighted by atomic mass is 10.0. The van der Waals surface area contributed by atoms with E-state index in [-0.39, 0.29) is 6.10 Å². The number of aromatic hydroxyl groups is 1. The summed E-state index contributed by atoms with van der Waals surface area (Å²) >= 11 is 0. The van der Waals surface area contributed by atoms with Gasteiger partial charge >= 0.3 is 0 Å². The van der Waals surface area contributed by atoms with Gasteiger partial charge in [0.2, 0.25) is 0 Å². The van der Waals surface area contributed by atoms with Gasteiger partial charge < -0.3 is 9.84 Å². The van der Waals surface area contributed by atoms with E-state index >= 15 is 0 Å². The fourth-order valence-electron chi connectivity index (χ4n) is 3.04. The number of nitrogens with zero attached hydrogens (tertiary/aromatic N) is 1. The Morgan fingerprint density at radius 1 is 1.14 bits per heavy atom. The average Bonchev–Trinajstić information content (AvgIpc) is 2.58. The molecular weight excluding hydrogens is 274 g/mol. The molecule has 3 heteroatoms. The summed E-state index contributed by atoms with van der Waals surface area (Å²) in [6.07, 6.45) is 1.15. The van der Waals surface area contributed by atoms with Crippen LogP contribution in [0.1, 0.15) is 24.2 Å². The average molecular weight is 297 g/mol. The summed E-state index contributed by atoms with van der Waals surface area (Å²) in [5.41, 5.74) is 2.51. The number of ether oxygens (including phenoxy) is 1. The van der Waals surface area contributed by atoms with Gasteiger partial charge in [0.25, 0.3) is 0 Å². The van der Waals surface area contributed by atoms with Crippen LogP contribution in [-0.2, 0) is 11.2 Å². The maximum atomic E-state index is 9.37. The van der Waals surface area contributed by atoms with Crippen molar-refractivity contribution in [2.24, 2.45) is 0 Å². The Hall–Kier alpha value is -1.84. The van der Waals surface area contributed by atoms with E-state index in [0.29, 0.717) is 11.8 Å². The van der Waals surface area contributed by atoms with Crippen LogP contribution >= 0.6 is 0 Å². The monoisotopic (exact) mass is 297 g/mol. The molecule has 0 saturated carbocycles. The molecule has 22 heavy (non-hydrogen) atoms. The van der Waals surface area contributed by atoms with Gasteiger partial charge in [0, 0.05) is 19.1 Å². The molecule has 0 spiro atoms. The summed E-state index contributed by atoms with van der Waals surface area (Å²) in [7, 11) is 0. The highest BCUT2D eigenvalue weighted by molar-refractivity contribution is 5.26. The first kappa shape index (κ1) is 15.1. The van der Waals surface area contributed by atoms with Crippen molar-refractivity contribution in [3.05, 3.63) is 65.7 Å². The van der Waals surface area contributed by atoms with Gasteiger partial charge in [-0.1, -0.05) is 42.5 Å². The van der Waals surface area contributed by atoms with Crippen LogP contribution in [0.3, 0.4) is 0 Å². The molecule has 1 saturated heterocycles. The van der Waals surface area contributed by atoms with Crippen molar-refractivity contribution in [2.75, 3.05) is 19.7 Å². The molecule has 1 N–H and O–H groups in total. The van der Waals surface area contributed by atoms with Crippen LogP contribution in [0.15, 0.2) is 54.6 Å².